The molecule has 21 heavy (non-hydrogen) atoms. The predicted octanol–water partition coefficient (Wildman–Crippen LogP) is 2.03. The summed E-state index contributed by atoms with van der Waals surface area (Å²) in [6, 6.07) is 1.11. The van der Waals surface area contributed by atoms with E-state index in [1.807, 2.05) is 4.90 Å². The van der Waals surface area contributed by atoms with E-state index in [1.54, 1.807) is 0 Å². The quantitative estimate of drug-likeness (QED) is 0.875. The van der Waals surface area contributed by atoms with Gasteiger partial charge in [-0.25, -0.2) is 4.98 Å². The number of hydrogen-bond acceptors (Lipinski definition) is 5. The van der Waals surface area contributed by atoms with Gasteiger partial charge in [0.05, 0.1) is 6.10 Å². The van der Waals surface area contributed by atoms with Crippen LogP contribution in [-0.2, 0) is 6.18 Å². The Morgan fingerprint density at radius 1 is 1.24 bits per heavy atom. The molecular weight excluding hydrogens is 285 g/mol. The first kappa shape index (κ1) is 14.4. The van der Waals surface area contributed by atoms with E-state index in [9.17, 15) is 18.3 Å². The van der Waals surface area contributed by atoms with E-state index in [0.717, 1.165) is 18.9 Å². The van der Waals surface area contributed by atoms with Crippen molar-refractivity contribution >= 4 is 11.8 Å². The van der Waals surface area contributed by atoms with Crippen LogP contribution in [-0.4, -0.2) is 40.3 Å². The summed E-state index contributed by atoms with van der Waals surface area (Å²) in [7, 11) is 1.49. The lowest BCUT2D eigenvalue weighted by molar-refractivity contribution is -0.141. The molecule has 2 saturated heterocycles. The van der Waals surface area contributed by atoms with Gasteiger partial charge in [0.15, 0.2) is 5.69 Å². The van der Waals surface area contributed by atoms with Crippen LogP contribution in [0.4, 0.5) is 24.9 Å². The third kappa shape index (κ3) is 2.64. The Labute approximate surface area is 120 Å². The summed E-state index contributed by atoms with van der Waals surface area (Å²) in [5.74, 6) is 0.256. The van der Waals surface area contributed by atoms with Crippen molar-refractivity contribution in [1.29, 1.82) is 0 Å². The molecule has 3 rings (SSSR count). The normalized spacial score (nSPS) is 28.8. The molecule has 0 saturated carbocycles. The number of halogens is 3. The van der Waals surface area contributed by atoms with Crippen LogP contribution in [0.15, 0.2) is 6.07 Å². The molecule has 116 valence electrons. The minimum atomic E-state index is -4.50. The maximum absolute atomic E-state index is 12.9. The van der Waals surface area contributed by atoms with Gasteiger partial charge in [-0.05, 0) is 25.7 Å². The monoisotopic (exact) mass is 302 g/mol. The molecule has 2 unspecified atom stereocenters. The Morgan fingerprint density at radius 3 is 2.38 bits per heavy atom. The van der Waals surface area contributed by atoms with Crippen LogP contribution in [0.25, 0.3) is 0 Å². The van der Waals surface area contributed by atoms with Crippen LogP contribution in [0.1, 0.15) is 31.4 Å². The predicted molar refractivity (Wildman–Crippen MR) is 71.1 cm³/mol. The molecule has 5 nitrogen and oxygen atoms in total. The molecule has 0 aromatic carbocycles. The Hall–Kier alpha value is -1.57. The van der Waals surface area contributed by atoms with Crippen molar-refractivity contribution in [2.24, 2.45) is 0 Å². The highest BCUT2D eigenvalue weighted by Crippen LogP contribution is 2.40. The van der Waals surface area contributed by atoms with E-state index >= 15 is 0 Å². The van der Waals surface area contributed by atoms with E-state index in [1.165, 1.54) is 7.05 Å². The van der Waals surface area contributed by atoms with E-state index in [0.29, 0.717) is 18.7 Å². The molecule has 2 atom stereocenters. The Bertz CT molecular complexity index is 523. The highest BCUT2D eigenvalue weighted by molar-refractivity contribution is 5.49. The van der Waals surface area contributed by atoms with Crippen molar-refractivity contribution in [2.45, 2.75) is 50.0 Å². The first-order chi connectivity index (χ1) is 9.88. The molecule has 2 fully saturated rings. The average molecular weight is 302 g/mol. The number of aliphatic hydroxyl groups is 1. The van der Waals surface area contributed by atoms with Gasteiger partial charge in [0, 0.05) is 25.2 Å². The molecular formula is C13H17F3N4O. The van der Waals surface area contributed by atoms with E-state index in [4.69, 9.17) is 0 Å². The fourth-order valence-electron chi connectivity index (χ4n) is 3.35. The van der Waals surface area contributed by atoms with Gasteiger partial charge in [-0.3, -0.25) is 0 Å². The standard InChI is InChI=1S/C13H17F3N4O/c1-17-12-18-10(13(14,15)16)6-11(19-12)20-7-2-3-8(20)5-9(21)4-7/h6-9,21H,2-5H2,1H3,(H,17,18,19). The molecule has 0 amide bonds. The lowest BCUT2D eigenvalue weighted by atomic mass is 10.00. The molecule has 2 aliphatic rings. The Kier molecular flexibility index (Phi) is 3.43. The van der Waals surface area contributed by atoms with Crippen molar-refractivity contribution in [3.8, 4) is 0 Å². The number of nitrogens with one attached hydrogen (secondary N) is 1. The number of nitrogens with zero attached hydrogens (tertiary/aromatic N) is 3. The second-order valence-electron chi connectivity index (χ2n) is 5.60. The smallest absolute Gasteiger partial charge is 0.393 e. The zero-order chi connectivity index (χ0) is 15.2. The van der Waals surface area contributed by atoms with Crippen LogP contribution >= 0.6 is 0 Å². The summed E-state index contributed by atoms with van der Waals surface area (Å²) < 4.78 is 38.8. The maximum atomic E-state index is 12.9. The molecule has 2 bridgehead atoms. The number of fused-ring (bicyclic) bond motifs is 2. The number of aliphatic hydroxyl groups excluding tert-OH is 1. The summed E-state index contributed by atoms with van der Waals surface area (Å²) in [6.07, 6.45) is -1.96. The van der Waals surface area contributed by atoms with Gasteiger partial charge < -0.3 is 15.3 Å². The molecule has 0 aliphatic carbocycles. The molecule has 2 N–H and O–H groups in total. The van der Waals surface area contributed by atoms with Gasteiger partial charge in [-0.1, -0.05) is 0 Å². The summed E-state index contributed by atoms with van der Waals surface area (Å²) in [5, 5.41) is 12.4. The number of aromatic nitrogens is 2. The van der Waals surface area contributed by atoms with Gasteiger partial charge in [-0.2, -0.15) is 18.2 Å². The molecule has 0 spiro atoms. The summed E-state index contributed by atoms with van der Waals surface area (Å²) in [6.45, 7) is 0. The number of hydrogen-bond donors (Lipinski definition) is 2. The molecule has 3 heterocycles. The molecule has 2 aliphatic heterocycles. The number of rotatable bonds is 2. The van der Waals surface area contributed by atoms with Gasteiger partial charge in [0.25, 0.3) is 0 Å². The summed E-state index contributed by atoms with van der Waals surface area (Å²) in [4.78, 5) is 9.58. The lowest BCUT2D eigenvalue weighted by Gasteiger charge is -2.38. The van der Waals surface area contributed by atoms with E-state index < -0.39 is 11.9 Å². The SMILES string of the molecule is CNc1nc(N2C3CCC2CC(O)C3)cc(C(F)(F)F)n1. The highest BCUT2D eigenvalue weighted by atomic mass is 19.4. The second-order valence-corrected chi connectivity index (χ2v) is 5.60. The molecule has 8 heteroatoms. The van der Waals surface area contributed by atoms with Crippen LogP contribution in [0.2, 0.25) is 0 Å². The van der Waals surface area contributed by atoms with Crippen molar-refractivity contribution < 1.29 is 18.3 Å². The fraction of sp³-hybridized carbons (Fsp3) is 0.692. The van der Waals surface area contributed by atoms with Gasteiger partial charge >= 0.3 is 6.18 Å². The van der Waals surface area contributed by atoms with Crippen molar-refractivity contribution in [1.82, 2.24) is 9.97 Å². The summed E-state index contributed by atoms with van der Waals surface area (Å²) >= 11 is 0. The number of anilines is 2. The highest BCUT2D eigenvalue weighted by Gasteiger charge is 2.42. The largest absolute Gasteiger partial charge is 0.433 e. The third-order valence-corrected chi connectivity index (χ3v) is 4.20. The van der Waals surface area contributed by atoms with Crippen LogP contribution in [0, 0.1) is 0 Å². The Balaban J connectivity index is 1.99. The van der Waals surface area contributed by atoms with Crippen LogP contribution in [0.3, 0.4) is 0 Å². The summed E-state index contributed by atoms with van der Waals surface area (Å²) in [5.41, 5.74) is -0.942. The van der Waals surface area contributed by atoms with Crippen LogP contribution < -0.4 is 10.2 Å². The van der Waals surface area contributed by atoms with Gasteiger partial charge in [0.1, 0.15) is 5.82 Å². The minimum Gasteiger partial charge on any atom is -0.393 e. The lowest BCUT2D eigenvalue weighted by Crippen LogP contribution is -2.45. The van der Waals surface area contributed by atoms with E-state index in [2.05, 4.69) is 15.3 Å². The number of alkyl halides is 3. The molecule has 1 aromatic heterocycles. The van der Waals surface area contributed by atoms with Gasteiger partial charge in [0.2, 0.25) is 5.95 Å². The topological polar surface area (TPSA) is 61.3 Å². The van der Waals surface area contributed by atoms with Crippen molar-refractivity contribution in [3.63, 3.8) is 0 Å². The Morgan fingerprint density at radius 2 is 1.86 bits per heavy atom. The van der Waals surface area contributed by atoms with E-state index in [-0.39, 0.29) is 24.1 Å². The number of piperidine rings is 1. The fourth-order valence-corrected chi connectivity index (χ4v) is 3.35. The van der Waals surface area contributed by atoms with Crippen molar-refractivity contribution in [2.75, 3.05) is 17.3 Å². The molecule has 0 radical (unpaired) electrons. The van der Waals surface area contributed by atoms with Gasteiger partial charge in [-0.15, -0.1) is 0 Å². The zero-order valence-electron chi connectivity index (χ0n) is 11.6. The van der Waals surface area contributed by atoms with Crippen molar-refractivity contribution in [3.05, 3.63) is 11.8 Å². The first-order valence-electron chi connectivity index (χ1n) is 6.99. The van der Waals surface area contributed by atoms with Crippen LogP contribution in [0.5, 0.6) is 0 Å². The molecule has 1 aromatic rings. The minimum absolute atomic E-state index is 0.0367. The first-order valence-corrected chi connectivity index (χ1v) is 6.99. The second kappa shape index (κ2) is 5.01. The average Bonchev–Trinajstić information content (AvgIpc) is 2.69. The maximum Gasteiger partial charge on any atom is 0.433 e. The zero-order valence-corrected chi connectivity index (χ0v) is 11.6. The third-order valence-electron chi connectivity index (χ3n) is 4.20.